The summed E-state index contributed by atoms with van der Waals surface area (Å²) in [5.41, 5.74) is 5.37. The van der Waals surface area contributed by atoms with Gasteiger partial charge in [0.05, 0.1) is 31.2 Å². The molecule has 1 amide bonds. The zero-order chi connectivity index (χ0) is 20.7. The number of carboxylic acid groups (broad SMARTS) is 1. The predicted octanol–water partition coefficient (Wildman–Crippen LogP) is -1.08. The first-order chi connectivity index (χ1) is 13.8. The summed E-state index contributed by atoms with van der Waals surface area (Å²) in [6, 6.07) is -0.213. The molecule has 3 fully saturated rings. The highest BCUT2D eigenvalue weighted by Crippen LogP contribution is 2.36. The molecule has 3 saturated heterocycles. The Bertz CT molecular complexity index is 780. The largest absolute Gasteiger partial charge is 0.486 e. The number of nitrogens with two attached hydrogens (primary N) is 1. The summed E-state index contributed by atoms with van der Waals surface area (Å²) in [5.74, 6) is -1.19. The highest BCUT2D eigenvalue weighted by molar-refractivity contribution is 6.43. The third-order valence-electron chi connectivity index (χ3n) is 6.06. The molecular weight excluding hydrogens is 379 g/mol. The average Bonchev–Trinajstić information content (AvgIpc) is 3.13. The number of hydrogen-bond donors (Lipinski definition) is 5. The zero-order valence-corrected chi connectivity index (χ0v) is 15.9. The van der Waals surface area contributed by atoms with Gasteiger partial charge in [0.25, 0.3) is 0 Å². The second-order valence-electron chi connectivity index (χ2n) is 8.02. The smallest absolute Gasteiger partial charge is 0.454 e. The van der Waals surface area contributed by atoms with Crippen LogP contribution in [0.3, 0.4) is 0 Å². The number of carboxylic acids is 1. The minimum absolute atomic E-state index is 0.0338. The van der Waals surface area contributed by atoms with Gasteiger partial charge in [-0.15, -0.1) is 0 Å². The molecule has 0 saturated carbocycles. The van der Waals surface area contributed by atoms with Crippen molar-refractivity contribution < 1.29 is 29.1 Å². The Labute approximate surface area is 168 Å². The van der Waals surface area contributed by atoms with E-state index in [-0.39, 0.29) is 41.2 Å². The van der Waals surface area contributed by atoms with Gasteiger partial charge in [-0.25, -0.2) is 4.79 Å². The quantitative estimate of drug-likeness (QED) is 0.220. The lowest BCUT2D eigenvalue weighted by atomic mass is 9.71. The van der Waals surface area contributed by atoms with E-state index in [2.05, 4.69) is 5.32 Å². The number of nitrogens with one attached hydrogen (secondary N) is 2. The van der Waals surface area contributed by atoms with Crippen molar-refractivity contribution in [2.45, 2.75) is 37.4 Å². The van der Waals surface area contributed by atoms with E-state index < -0.39 is 19.2 Å². The van der Waals surface area contributed by atoms with Crippen molar-refractivity contribution in [3.63, 3.8) is 0 Å². The molecule has 6 N–H and O–H groups in total. The molecule has 1 aliphatic carbocycles. The molecular formula is C18H25BN4O6. The Hall–Kier alpha value is -2.37. The van der Waals surface area contributed by atoms with Crippen LogP contribution in [0, 0.1) is 17.2 Å². The van der Waals surface area contributed by atoms with Crippen molar-refractivity contribution in [3.05, 3.63) is 23.5 Å². The summed E-state index contributed by atoms with van der Waals surface area (Å²) in [7, 11) is -0.971. The van der Waals surface area contributed by atoms with Crippen molar-refractivity contribution in [2.75, 3.05) is 19.6 Å². The predicted molar refractivity (Wildman–Crippen MR) is 103 cm³/mol. The van der Waals surface area contributed by atoms with Crippen LogP contribution in [-0.4, -0.2) is 77.7 Å². The Morgan fingerprint density at radius 2 is 2.17 bits per heavy atom. The van der Waals surface area contributed by atoms with E-state index in [4.69, 9.17) is 20.5 Å². The maximum Gasteiger partial charge on any atom is 0.454 e. The fraction of sp³-hybridized carbons (Fsp3) is 0.611. The zero-order valence-electron chi connectivity index (χ0n) is 15.9. The fourth-order valence-electron chi connectivity index (χ4n) is 4.34. The minimum atomic E-state index is -1.12. The van der Waals surface area contributed by atoms with Gasteiger partial charge in [-0.2, -0.15) is 0 Å². The Morgan fingerprint density at radius 1 is 1.41 bits per heavy atom. The molecule has 0 aromatic heterocycles. The average molecular weight is 404 g/mol. The molecule has 156 valence electrons. The number of rotatable bonds is 5. The summed E-state index contributed by atoms with van der Waals surface area (Å²) in [6.07, 6.45) is 4.22. The molecule has 4 atom stereocenters. The van der Waals surface area contributed by atoms with E-state index in [1.165, 1.54) is 0 Å². The van der Waals surface area contributed by atoms with Crippen molar-refractivity contribution >= 4 is 24.8 Å². The number of primary amides is 1. The molecule has 0 bridgehead atoms. The molecule has 0 aromatic rings. The monoisotopic (exact) mass is 404 g/mol. The Balaban J connectivity index is 1.36. The number of allylic oxidation sites excluding steroid dienone is 1. The summed E-state index contributed by atoms with van der Waals surface area (Å²) in [6.45, 7) is 1.39. The first-order valence-corrected chi connectivity index (χ1v) is 9.85. The van der Waals surface area contributed by atoms with Crippen LogP contribution in [0.1, 0.15) is 12.8 Å². The maximum absolute atomic E-state index is 11.8. The van der Waals surface area contributed by atoms with Crippen LogP contribution >= 0.6 is 0 Å². The molecule has 4 rings (SSSR count). The van der Waals surface area contributed by atoms with Gasteiger partial charge in [0.1, 0.15) is 23.3 Å². The Kier molecular flexibility index (Phi) is 5.37. The number of amides is 1. The number of carbonyl (C=O) groups is 2. The fourth-order valence-corrected chi connectivity index (χ4v) is 4.34. The van der Waals surface area contributed by atoms with Crippen LogP contribution < -0.4 is 11.1 Å². The van der Waals surface area contributed by atoms with Crippen LogP contribution in [-0.2, 0) is 19.0 Å². The molecule has 0 radical (unpaired) electrons. The second kappa shape index (κ2) is 7.81. The van der Waals surface area contributed by atoms with Gasteiger partial charge < -0.3 is 35.5 Å². The summed E-state index contributed by atoms with van der Waals surface area (Å²) < 4.78 is 11.4. The van der Waals surface area contributed by atoms with Crippen LogP contribution in [0.2, 0.25) is 6.32 Å². The van der Waals surface area contributed by atoms with E-state index in [9.17, 15) is 19.7 Å². The number of aliphatic carboxylic acids is 1. The number of nitrogens with zero attached hydrogens (tertiary/aromatic N) is 1. The molecule has 10 nitrogen and oxygen atoms in total. The summed E-state index contributed by atoms with van der Waals surface area (Å²) in [4.78, 5) is 25.0. The van der Waals surface area contributed by atoms with Crippen molar-refractivity contribution in [2.24, 2.45) is 17.6 Å². The van der Waals surface area contributed by atoms with Gasteiger partial charge >= 0.3 is 13.1 Å². The van der Waals surface area contributed by atoms with Gasteiger partial charge in [0.2, 0.25) is 5.91 Å². The highest BCUT2D eigenvalue weighted by Gasteiger charge is 2.42. The van der Waals surface area contributed by atoms with Gasteiger partial charge in [-0.1, -0.05) is 6.08 Å². The van der Waals surface area contributed by atoms with Crippen molar-refractivity contribution in [1.82, 2.24) is 10.2 Å². The number of fused-ring (bicyclic) bond motifs is 1. The molecule has 1 unspecified atom stereocenters. The van der Waals surface area contributed by atoms with E-state index >= 15 is 0 Å². The lowest BCUT2D eigenvalue weighted by Gasteiger charge is -2.43. The molecule has 0 spiro atoms. The summed E-state index contributed by atoms with van der Waals surface area (Å²) in [5, 5.41) is 30.9. The summed E-state index contributed by atoms with van der Waals surface area (Å²) >= 11 is 0. The second-order valence-corrected chi connectivity index (χ2v) is 8.02. The van der Waals surface area contributed by atoms with Gasteiger partial charge in [0, 0.05) is 12.5 Å². The SMILES string of the molecule is N=C([C@@H]1C[C@H](C(N)=O)CN1)N1CC(OC2=C(C(=O)O)C3OB(O)CC[C@H]3C=C2)C1. The topological polar surface area (TPSA) is 158 Å². The molecule has 0 aromatic carbocycles. The maximum atomic E-state index is 11.8. The molecule has 3 heterocycles. The molecule has 3 aliphatic heterocycles. The van der Waals surface area contributed by atoms with Crippen LogP contribution in [0.15, 0.2) is 23.5 Å². The van der Waals surface area contributed by atoms with Crippen molar-refractivity contribution in [3.8, 4) is 0 Å². The minimum Gasteiger partial charge on any atom is -0.486 e. The van der Waals surface area contributed by atoms with E-state index in [0.29, 0.717) is 44.6 Å². The van der Waals surface area contributed by atoms with E-state index in [1.807, 2.05) is 11.0 Å². The first kappa shape index (κ1) is 19.9. The lowest BCUT2D eigenvalue weighted by Crippen LogP contribution is -2.58. The van der Waals surface area contributed by atoms with Gasteiger partial charge in [-0.3, -0.25) is 10.2 Å². The highest BCUT2D eigenvalue weighted by atomic mass is 16.5. The number of carbonyl (C=O) groups excluding carboxylic acids is 1. The number of likely N-dealkylation sites (tertiary alicyclic amines) is 1. The van der Waals surface area contributed by atoms with Gasteiger partial charge in [-0.05, 0) is 25.2 Å². The number of ether oxygens (including phenoxy) is 1. The lowest BCUT2D eigenvalue weighted by molar-refractivity contribution is -0.134. The third-order valence-corrected chi connectivity index (χ3v) is 6.06. The standard InChI is InChI=1S/C18H25BN4O6/c20-16(12-5-10(6-22-12)17(21)24)23-7-11(8-23)28-13-2-1-9-3-4-19(27)29-15(9)14(13)18(25)26/h1-2,9-12,15,20,22,27H,3-8H2,(H2,21,24)(H,25,26)/t9-,10+,12+,15?/m1/s1. The van der Waals surface area contributed by atoms with Gasteiger partial charge in [0.15, 0.2) is 0 Å². The van der Waals surface area contributed by atoms with Crippen LogP contribution in [0.5, 0.6) is 0 Å². The van der Waals surface area contributed by atoms with Crippen LogP contribution in [0.25, 0.3) is 0 Å². The Morgan fingerprint density at radius 3 is 2.83 bits per heavy atom. The third kappa shape index (κ3) is 3.89. The molecule has 29 heavy (non-hydrogen) atoms. The number of amidine groups is 1. The number of hydrogen-bond acceptors (Lipinski definition) is 7. The van der Waals surface area contributed by atoms with Crippen molar-refractivity contribution in [1.29, 1.82) is 5.41 Å². The normalized spacial score (nSPS) is 32.0. The van der Waals surface area contributed by atoms with E-state index in [1.54, 1.807) is 6.08 Å². The first-order valence-electron chi connectivity index (χ1n) is 9.85. The van der Waals surface area contributed by atoms with E-state index in [0.717, 1.165) is 0 Å². The molecule has 4 aliphatic rings. The van der Waals surface area contributed by atoms with Crippen LogP contribution in [0.4, 0.5) is 0 Å². The molecule has 11 heteroatoms.